The van der Waals surface area contributed by atoms with Gasteiger partial charge in [0.2, 0.25) is 0 Å². The molecule has 7 nitrogen and oxygen atoms in total. The molecule has 2 N–H and O–H groups in total. The molecule has 0 heterocycles. The smallest absolute Gasteiger partial charge is 0.283 e. The number of amides is 1. The van der Waals surface area contributed by atoms with E-state index in [1.807, 2.05) is 0 Å². The minimum absolute atomic E-state index is 0.0628. The highest BCUT2D eigenvalue weighted by Crippen LogP contribution is 2.29. The maximum Gasteiger partial charge on any atom is 0.283 e. The molecule has 0 bridgehead atoms. The number of hydrogen-bond acceptors (Lipinski definition) is 6. The molecule has 0 fully saturated rings. The largest absolute Gasteiger partial charge is 0.396 e. The van der Waals surface area contributed by atoms with E-state index >= 15 is 0 Å². The Bertz CT molecular complexity index is 814. The van der Waals surface area contributed by atoms with Crippen molar-refractivity contribution in [3.05, 3.63) is 68.2 Å². The summed E-state index contributed by atoms with van der Waals surface area (Å²) in [7, 11) is 0. The standard InChI is InChI=1S/C16H14BrN3O4S/c17-13-3-1-2-12(9-13)16(22)19-18-10-11-4-5-15(25-7-6-21)14(8-11)20(23)24/h1-5,8-10,21H,6-7H2,(H,19,22)/b18-10+. The number of nitrogens with zero attached hydrogens (tertiary/aromatic N) is 2. The van der Waals surface area contributed by atoms with Gasteiger partial charge in [-0.2, -0.15) is 5.10 Å². The van der Waals surface area contributed by atoms with Gasteiger partial charge in [0.25, 0.3) is 11.6 Å². The third kappa shape index (κ3) is 5.66. The van der Waals surface area contributed by atoms with Crippen LogP contribution in [0.3, 0.4) is 0 Å². The Hall–Kier alpha value is -2.23. The lowest BCUT2D eigenvalue weighted by Crippen LogP contribution is -2.17. The zero-order valence-corrected chi connectivity index (χ0v) is 15.3. The summed E-state index contributed by atoms with van der Waals surface area (Å²) in [5.74, 6) is -0.0149. The van der Waals surface area contributed by atoms with Crippen LogP contribution < -0.4 is 5.43 Å². The van der Waals surface area contributed by atoms with E-state index in [9.17, 15) is 14.9 Å². The van der Waals surface area contributed by atoms with E-state index in [1.165, 1.54) is 24.0 Å². The minimum Gasteiger partial charge on any atom is -0.396 e. The fraction of sp³-hybridized carbons (Fsp3) is 0.125. The SMILES string of the molecule is O=C(N/N=C/c1ccc(SCCO)c([N+](=O)[O-])c1)c1cccc(Br)c1. The molecule has 130 valence electrons. The molecule has 9 heteroatoms. The predicted molar refractivity (Wildman–Crippen MR) is 100 cm³/mol. The van der Waals surface area contributed by atoms with E-state index < -0.39 is 4.92 Å². The average Bonchev–Trinajstić information content (AvgIpc) is 2.60. The molecule has 0 unspecified atom stereocenters. The van der Waals surface area contributed by atoms with E-state index in [1.54, 1.807) is 36.4 Å². The van der Waals surface area contributed by atoms with Crippen LogP contribution >= 0.6 is 27.7 Å². The molecule has 25 heavy (non-hydrogen) atoms. The van der Waals surface area contributed by atoms with Crippen molar-refractivity contribution in [3.63, 3.8) is 0 Å². The molecule has 0 radical (unpaired) electrons. The number of carbonyl (C=O) groups excluding carboxylic acids is 1. The summed E-state index contributed by atoms with van der Waals surface area (Å²) in [6.07, 6.45) is 1.34. The number of nitrogens with one attached hydrogen (secondary N) is 1. The summed E-state index contributed by atoms with van der Waals surface area (Å²) < 4.78 is 0.774. The van der Waals surface area contributed by atoms with Crippen LogP contribution in [0.5, 0.6) is 0 Å². The van der Waals surface area contributed by atoms with E-state index in [2.05, 4.69) is 26.5 Å². The van der Waals surface area contributed by atoms with Crippen LogP contribution in [-0.2, 0) is 0 Å². The summed E-state index contributed by atoms with van der Waals surface area (Å²) in [5, 5.41) is 23.8. The number of nitro benzene ring substituents is 1. The molecule has 0 spiro atoms. The van der Waals surface area contributed by atoms with Crippen molar-refractivity contribution in [2.75, 3.05) is 12.4 Å². The fourth-order valence-electron chi connectivity index (χ4n) is 1.89. The first kappa shape index (κ1) is 19.1. The number of hydrazone groups is 1. The molecule has 0 aliphatic rings. The molecule has 0 aliphatic heterocycles. The van der Waals surface area contributed by atoms with E-state index in [0.29, 0.717) is 21.8 Å². The molecular formula is C16H14BrN3O4S. The quantitative estimate of drug-likeness (QED) is 0.307. The van der Waals surface area contributed by atoms with Crippen molar-refractivity contribution in [1.82, 2.24) is 5.43 Å². The molecular weight excluding hydrogens is 410 g/mol. The summed E-state index contributed by atoms with van der Waals surface area (Å²) in [6.45, 7) is -0.0628. The number of aliphatic hydroxyl groups excluding tert-OH is 1. The molecule has 0 atom stereocenters. The van der Waals surface area contributed by atoms with Crippen LogP contribution in [0, 0.1) is 10.1 Å². The second kappa shape index (κ2) is 9.30. The number of aliphatic hydroxyl groups is 1. The van der Waals surface area contributed by atoms with Crippen molar-refractivity contribution in [2.24, 2.45) is 5.10 Å². The Labute approximate surface area is 156 Å². The molecule has 0 saturated heterocycles. The lowest BCUT2D eigenvalue weighted by molar-refractivity contribution is -0.387. The van der Waals surface area contributed by atoms with Crippen LogP contribution in [0.25, 0.3) is 0 Å². The summed E-state index contributed by atoms with van der Waals surface area (Å²) in [6, 6.07) is 11.5. The van der Waals surface area contributed by atoms with Gasteiger partial charge in [0.15, 0.2) is 0 Å². The topological polar surface area (TPSA) is 105 Å². The number of rotatable bonds is 7. The lowest BCUT2D eigenvalue weighted by atomic mass is 10.2. The van der Waals surface area contributed by atoms with Gasteiger partial charge in [0, 0.05) is 27.4 Å². The number of halogens is 1. The lowest BCUT2D eigenvalue weighted by Gasteiger charge is -2.03. The average molecular weight is 424 g/mol. The first-order valence-electron chi connectivity index (χ1n) is 7.12. The van der Waals surface area contributed by atoms with Gasteiger partial charge < -0.3 is 5.11 Å². The zero-order chi connectivity index (χ0) is 18.2. The molecule has 1 amide bonds. The van der Waals surface area contributed by atoms with Crippen LogP contribution in [0.15, 0.2) is 56.9 Å². The Morgan fingerprint density at radius 1 is 1.36 bits per heavy atom. The molecule has 2 aromatic carbocycles. The van der Waals surface area contributed by atoms with Crippen LogP contribution in [-0.4, -0.2) is 34.5 Å². The Balaban J connectivity index is 2.08. The Kier molecular flexibility index (Phi) is 7.11. The van der Waals surface area contributed by atoms with Gasteiger partial charge >= 0.3 is 0 Å². The molecule has 2 aromatic rings. The van der Waals surface area contributed by atoms with Gasteiger partial charge in [-0.25, -0.2) is 5.43 Å². The monoisotopic (exact) mass is 423 g/mol. The summed E-state index contributed by atoms with van der Waals surface area (Å²) in [4.78, 5) is 23.1. The molecule has 2 rings (SSSR count). The fourth-order valence-corrected chi connectivity index (χ4v) is 3.05. The maximum atomic E-state index is 12.0. The van der Waals surface area contributed by atoms with Gasteiger partial charge in [-0.3, -0.25) is 14.9 Å². The Morgan fingerprint density at radius 3 is 2.84 bits per heavy atom. The maximum absolute atomic E-state index is 12.0. The number of nitro groups is 1. The van der Waals surface area contributed by atoms with E-state index in [0.717, 1.165) is 4.47 Å². The number of benzene rings is 2. The highest BCUT2D eigenvalue weighted by atomic mass is 79.9. The van der Waals surface area contributed by atoms with Crippen molar-refractivity contribution in [2.45, 2.75) is 4.90 Å². The second-order valence-corrected chi connectivity index (χ2v) is 6.82. The van der Waals surface area contributed by atoms with Gasteiger partial charge in [-0.05, 0) is 24.3 Å². The summed E-state index contributed by atoms with van der Waals surface area (Å²) >= 11 is 4.48. The van der Waals surface area contributed by atoms with E-state index in [-0.39, 0.29) is 18.2 Å². The Morgan fingerprint density at radius 2 is 2.16 bits per heavy atom. The zero-order valence-electron chi connectivity index (χ0n) is 12.9. The second-order valence-electron chi connectivity index (χ2n) is 4.77. The number of thioether (sulfide) groups is 1. The first-order valence-corrected chi connectivity index (χ1v) is 8.90. The number of carbonyl (C=O) groups is 1. The summed E-state index contributed by atoms with van der Waals surface area (Å²) in [5.41, 5.74) is 3.22. The van der Waals surface area contributed by atoms with Gasteiger partial charge in [-0.1, -0.05) is 28.1 Å². The highest BCUT2D eigenvalue weighted by Gasteiger charge is 2.14. The van der Waals surface area contributed by atoms with Crippen LogP contribution in [0.2, 0.25) is 0 Å². The minimum atomic E-state index is -0.489. The third-order valence-corrected chi connectivity index (χ3v) is 4.53. The highest BCUT2D eigenvalue weighted by molar-refractivity contribution is 9.10. The number of hydrogen-bond donors (Lipinski definition) is 2. The first-order chi connectivity index (χ1) is 12.0. The molecule has 0 aromatic heterocycles. The van der Waals surface area contributed by atoms with Crippen molar-refractivity contribution >= 4 is 45.5 Å². The normalized spacial score (nSPS) is 10.8. The van der Waals surface area contributed by atoms with Crippen LogP contribution in [0.1, 0.15) is 15.9 Å². The van der Waals surface area contributed by atoms with E-state index in [4.69, 9.17) is 5.11 Å². The van der Waals surface area contributed by atoms with Gasteiger partial charge in [-0.15, -0.1) is 11.8 Å². The van der Waals surface area contributed by atoms with Gasteiger partial charge in [0.1, 0.15) is 0 Å². The molecule has 0 aliphatic carbocycles. The predicted octanol–water partition coefficient (Wildman–Crippen LogP) is 3.21. The van der Waals surface area contributed by atoms with Gasteiger partial charge in [0.05, 0.1) is 22.6 Å². The van der Waals surface area contributed by atoms with Crippen molar-refractivity contribution in [1.29, 1.82) is 0 Å². The van der Waals surface area contributed by atoms with Crippen LogP contribution in [0.4, 0.5) is 5.69 Å². The molecule has 0 saturated carbocycles. The van der Waals surface area contributed by atoms with Crippen molar-refractivity contribution in [3.8, 4) is 0 Å². The van der Waals surface area contributed by atoms with Crippen molar-refractivity contribution < 1.29 is 14.8 Å². The third-order valence-electron chi connectivity index (χ3n) is 3.00.